The number of rotatable bonds is 5. The van der Waals surface area contributed by atoms with E-state index in [2.05, 4.69) is 26.2 Å². The number of aromatic nitrogens is 1. The zero-order valence-electron chi connectivity index (χ0n) is 12.6. The maximum Gasteiger partial charge on any atom is 0.236 e. The smallest absolute Gasteiger partial charge is 0.236 e. The SMILES string of the molecule is O=C(CSc1cc(Cl)ccc1Cl)Nc1nc(-c2ccc(Br)cc2)cs1. The Kier molecular flexibility index (Phi) is 6.41. The van der Waals surface area contributed by atoms with Crippen LogP contribution in [0.2, 0.25) is 10.0 Å². The third kappa shape index (κ3) is 5.21. The van der Waals surface area contributed by atoms with Gasteiger partial charge in [0.05, 0.1) is 16.5 Å². The van der Waals surface area contributed by atoms with E-state index in [0.29, 0.717) is 15.2 Å². The molecule has 3 rings (SSSR count). The molecule has 128 valence electrons. The number of thioether (sulfide) groups is 1. The van der Waals surface area contributed by atoms with Gasteiger partial charge in [0.15, 0.2) is 5.13 Å². The van der Waals surface area contributed by atoms with Gasteiger partial charge < -0.3 is 5.32 Å². The number of nitrogens with one attached hydrogen (secondary N) is 1. The number of carbonyl (C=O) groups is 1. The summed E-state index contributed by atoms with van der Waals surface area (Å²) in [6.07, 6.45) is 0. The van der Waals surface area contributed by atoms with E-state index in [4.69, 9.17) is 23.2 Å². The van der Waals surface area contributed by atoms with Gasteiger partial charge in [-0.3, -0.25) is 4.79 Å². The van der Waals surface area contributed by atoms with Crippen molar-refractivity contribution >= 4 is 73.3 Å². The van der Waals surface area contributed by atoms with Crippen LogP contribution in [0.1, 0.15) is 0 Å². The minimum absolute atomic E-state index is 0.141. The fraction of sp³-hybridized carbons (Fsp3) is 0.0588. The Morgan fingerprint density at radius 2 is 1.96 bits per heavy atom. The van der Waals surface area contributed by atoms with Crippen molar-refractivity contribution in [1.29, 1.82) is 0 Å². The topological polar surface area (TPSA) is 42.0 Å². The molecule has 0 unspecified atom stereocenters. The summed E-state index contributed by atoms with van der Waals surface area (Å²) in [4.78, 5) is 17.4. The molecule has 0 aliphatic rings. The quantitative estimate of drug-likeness (QED) is 0.424. The summed E-state index contributed by atoms with van der Waals surface area (Å²) in [5.74, 6) is 0.0885. The van der Waals surface area contributed by atoms with E-state index in [9.17, 15) is 4.79 Å². The number of halogens is 3. The molecule has 2 aromatic carbocycles. The van der Waals surface area contributed by atoms with Crippen LogP contribution in [0.5, 0.6) is 0 Å². The molecule has 0 atom stereocenters. The maximum absolute atomic E-state index is 12.1. The van der Waals surface area contributed by atoms with Crippen LogP contribution in [0.3, 0.4) is 0 Å². The summed E-state index contributed by atoms with van der Waals surface area (Å²) in [7, 11) is 0. The second-order valence-electron chi connectivity index (χ2n) is 4.96. The number of carbonyl (C=O) groups excluding carboxylic acids is 1. The van der Waals surface area contributed by atoms with Gasteiger partial charge >= 0.3 is 0 Å². The highest BCUT2D eigenvalue weighted by molar-refractivity contribution is 9.10. The molecule has 0 aliphatic carbocycles. The van der Waals surface area contributed by atoms with E-state index < -0.39 is 0 Å². The summed E-state index contributed by atoms with van der Waals surface area (Å²) in [5, 5.41) is 6.46. The molecule has 25 heavy (non-hydrogen) atoms. The summed E-state index contributed by atoms with van der Waals surface area (Å²) < 4.78 is 1.01. The van der Waals surface area contributed by atoms with Gasteiger partial charge in [-0.1, -0.05) is 51.3 Å². The fourth-order valence-electron chi connectivity index (χ4n) is 1.97. The summed E-state index contributed by atoms with van der Waals surface area (Å²) in [6, 6.07) is 13.0. The molecule has 1 aromatic heterocycles. The Morgan fingerprint density at radius 1 is 1.20 bits per heavy atom. The van der Waals surface area contributed by atoms with Gasteiger partial charge in [-0.05, 0) is 30.3 Å². The second-order valence-corrected chi connectivity index (χ2v) is 8.59. The van der Waals surface area contributed by atoms with Crippen LogP contribution in [0.25, 0.3) is 11.3 Å². The number of benzene rings is 2. The monoisotopic (exact) mass is 472 g/mol. The number of hydrogen-bond donors (Lipinski definition) is 1. The Hall–Kier alpha value is -1.05. The van der Waals surface area contributed by atoms with Crippen molar-refractivity contribution < 1.29 is 4.79 Å². The predicted octanol–water partition coefficient (Wildman–Crippen LogP) is 6.61. The summed E-state index contributed by atoms with van der Waals surface area (Å²) in [5.41, 5.74) is 1.83. The number of anilines is 1. The lowest BCUT2D eigenvalue weighted by Crippen LogP contribution is -2.13. The van der Waals surface area contributed by atoms with Crippen molar-refractivity contribution in [2.45, 2.75) is 4.90 Å². The van der Waals surface area contributed by atoms with E-state index in [-0.39, 0.29) is 11.7 Å². The average molecular weight is 474 g/mol. The minimum Gasteiger partial charge on any atom is -0.301 e. The molecule has 1 amide bonds. The van der Waals surface area contributed by atoms with Crippen LogP contribution in [-0.2, 0) is 4.79 Å². The van der Waals surface area contributed by atoms with Crippen LogP contribution in [0.4, 0.5) is 5.13 Å². The molecule has 0 spiro atoms. The molecule has 3 aromatic rings. The van der Waals surface area contributed by atoms with Gasteiger partial charge in [-0.25, -0.2) is 4.98 Å². The third-order valence-electron chi connectivity index (χ3n) is 3.14. The van der Waals surface area contributed by atoms with Gasteiger partial charge in [0, 0.05) is 25.3 Å². The lowest BCUT2D eigenvalue weighted by atomic mass is 10.2. The number of hydrogen-bond acceptors (Lipinski definition) is 4. The third-order valence-corrected chi connectivity index (χ3v) is 6.16. The molecule has 0 aliphatic heterocycles. The standard InChI is InChI=1S/C17H11BrCl2N2OS2/c18-11-3-1-10(2-4-11)14-8-25-17(21-14)22-16(23)9-24-15-7-12(19)5-6-13(15)20/h1-8H,9H2,(H,21,22,23). The van der Waals surface area contributed by atoms with Crippen LogP contribution >= 0.6 is 62.2 Å². The van der Waals surface area contributed by atoms with Gasteiger partial charge in [0.25, 0.3) is 0 Å². The van der Waals surface area contributed by atoms with Gasteiger partial charge in [-0.2, -0.15) is 0 Å². The normalized spacial score (nSPS) is 10.7. The molecule has 1 N–H and O–H groups in total. The van der Waals surface area contributed by atoms with Crippen LogP contribution in [-0.4, -0.2) is 16.6 Å². The lowest BCUT2D eigenvalue weighted by molar-refractivity contribution is -0.113. The first-order valence-electron chi connectivity index (χ1n) is 7.10. The van der Waals surface area contributed by atoms with E-state index in [1.807, 2.05) is 29.6 Å². The number of amides is 1. The first-order chi connectivity index (χ1) is 12.0. The lowest BCUT2D eigenvalue weighted by Gasteiger charge is -2.04. The minimum atomic E-state index is -0.141. The van der Waals surface area contributed by atoms with Crippen molar-refractivity contribution in [3.05, 3.63) is 62.4 Å². The van der Waals surface area contributed by atoms with Crippen LogP contribution < -0.4 is 5.32 Å². The molecule has 0 saturated heterocycles. The van der Waals surface area contributed by atoms with Crippen molar-refractivity contribution in [3.8, 4) is 11.3 Å². The van der Waals surface area contributed by atoms with E-state index >= 15 is 0 Å². The first kappa shape index (κ1) is 18.7. The fourth-order valence-corrected chi connectivity index (χ4v) is 4.26. The molecule has 1 heterocycles. The Balaban J connectivity index is 1.60. The van der Waals surface area contributed by atoms with E-state index in [1.165, 1.54) is 23.1 Å². The Labute approximate surface area is 171 Å². The average Bonchev–Trinajstić information content (AvgIpc) is 3.05. The van der Waals surface area contributed by atoms with Gasteiger partial charge in [0.2, 0.25) is 5.91 Å². The molecular formula is C17H11BrCl2N2OS2. The Morgan fingerprint density at radius 3 is 2.72 bits per heavy atom. The maximum atomic E-state index is 12.1. The van der Waals surface area contributed by atoms with E-state index in [0.717, 1.165) is 20.6 Å². The summed E-state index contributed by atoms with van der Waals surface area (Å²) >= 11 is 18.2. The van der Waals surface area contributed by atoms with Crippen molar-refractivity contribution in [1.82, 2.24) is 4.98 Å². The van der Waals surface area contributed by atoms with Gasteiger partial charge in [0.1, 0.15) is 0 Å². The predicted molar refractivity (Wildman–Crippen MR) is 111 cm³/mol. The molecule has 0 radical (unpaired) electrons. The number of thiazole rings is 1. The highest BCUT2D eigenvalue weighted by atomic mass is 79.9. The van der Waals surface area contributed by atoms with Crippen LogP contribution in [0.15, 0.2) is 57.2 Å². The molecule has 0 saturated carbocycles. The zero-order valence-corrected chi connectivity index (χ0v) is 17.4. The molecular weight excluding hydrogens is 463 g/mol. The van der Waals surface area contributed by atoms with Crippen LogP contribution in [0, 0.1) is 0 Å². The first-order valence-corrected chi connectivity index (χ1v) is 10.5. The second kappa shape index (κ2) is 8.56. The highest BCUT2D eigenvalue weighted by Crippen LogP contribution is 2.30. The summed E-state index contributed by atoms with van der Waals surface area (Å²) in [6.45, 7) is 0. The molecule has 8 heteroatoms. The van der Waals surface area contributed by atoms with Crippen molar-refractivity contribution in [2.24, 2.45) is 0 Å². The highest BCUT2D eigenvalue weighted by Gasteiger charge is 2.10. The van der Waals surface area contributed by atoms with Gasteiger partial charge in [-0.15, -0.1) is 23.1 Å². The number of nitrogens with zero attached hydrogens (tertiary/aromatic N) is 1. The molecule has 0 bridgehead atoms. The van der Waals surface area contributed by atoms with E-state index in [1.54, 1.807) is 18.2 Å². The Bertz CT molecular complexity index is 900. The molecule has 0 fully saturated rings. The van der Waals surface area contributed by atoms with Crippen molar-refractivity contribution in [2.75, 3.05) is 11.1 Å². The van der Waals surface area contributed by atoms with Crippen molar-refractivity contribution in [3.63, 3.8) is 0 Å². The zero-order chi connectivity index (χ0) is 17.8. The molecule has 3 nitrogen and oxygen atoms in total. The largest absolute Gasteiger partial charge is 0.301 e.